The van der Waals surface area contributed by atoms with Crippen molar-refractivity contribution in [2.24, 2.45) is 0 Å². The fourth-order valence-electron chi connectivity index (χ4n) is 3.24. The molecule has 0 saturated heterocycles. The van der Waals surface area contributed by atoms with E-state index < -0.39 is 8.32 Å². The van der Waals surface area contributed by atoms with E-state index in [0.717, 1.165) is 25.9 Å². The molecule has 0 aromatic carbocycles. The summed E-state index contributed by atoms with van der Waals surface area (Å²) in [6.07, 6.45) is 23.3. The van der Waals surface area contributed by atoms with E-state index in [2.05, 4.69) is 61.6 Å². The van der Waals surface area contributed by atoms with Crippen LogP contribution in [0.1, 0.15) is 27.6 Å². The van der Waals surface area contributed by atoms with Gasteiger partial charge in [-0.3, -0.25) is 0 Å². The van der Waals surface area contributed by atoms with Gasteiger partial charge in [-0.2, -0.15) is 0 Å². The smallest absolute Gasteiger partial charge is 1.00 e. The van der Waals surface area contributed by atoms with E-state index in [9.17, 15) is 0 Å². The maximum Gasteiger partial charge on any atom is 1.00 e. The van der Waals surface area contributed by atoms with Crippen molar-refractivity contribution in [3.05, 3.63) is 70.3 Å². The Morgan fingerprint density at radius 1 is 0.900 bits per heavy atom. The molecule has 0 bridgehead atoms. The van der Waals surface area contributed by atoms with E-state index in [-0.39, 0.29) is 31.0 Å². The summed E-state index contributed by atoms with van der Waals surface area (Å²) in [6.45, 7) is 2.91. The summed E-state index contributed by atoms with van der Waals surface area (Å²) in [5.41, 5.74) is 0. The maximum atomic E-state index is 6.50. The van der Waals surface area contributed by atoms with Crippen molar-refractivity contribution >= 4 is 8.32 Å². The fraction of sp³-hybridized carbons (Fsp3) is 0.294. The summed E-state index contributed by atoms with van der Waals surface area (Å²) in [6, 6.07) is 0. The number of hydrogen-bond donors (Lipinski definition) is 0. The summed E-state index contributed by atoms with van der Waals surface area (Å²) >= 11 is 0. The molecule has 0 aromatic rings. The molecule has 100 valence electrons. The van der Waals surface area contributed by atoms with Crippen LogP contribution in [0.15, 0.2) is 70.3 Å². The SMILES string of the molecule is CCO[Si](C1=CC=CC1)(C1=CC=CC1)C1=CC=CC1.[H-].[Na+]. The molecule has 0 heterocycles. The largest absolute Gasteiger partial charge is 1.00 e. The van der Waals surface area contributed by atoms with Crippen LogP contribution in [0.4, 0.5) is 0 Å². The van der Waals surface area contributed by atoms with Crippen LogP contribution in [0.5, 0.6) is 0 Å². The zero-order valence-electron chi connectivity index (χ0n) is 13.4. The predicted octanol–water partition coefficient (Wildman–Crippen LogP) is 1.36. The number of rotatable bonds is 5. The molecule has 0 amide bonds. The molecule has 0 fully saturated rings. The second-order valence-corrected chi connectivity index (χ2v) is 8.66. The summed E-state index contributed by atoms with van der Waals surface area (Å²) in [4.78, 5) is 0. The van der Waals surface area contributed by atoms with Gasteiger partial charge >= 0.3 is 29.6 Å². The van der Waals surface area contributed by atoms with Gasteiger partial charge in [0.15, 0.2) is 0 Å². The molecule has 3 rings (SSSR count). The first-order chi connectivity index (χ1) is 9.38. The Balaban J connectivity index is 0.00000110. The average molecular weight is 292 g/mol. The first kappa shape index (κ1) is 16.0. The van der Waals surface area contributed by atoms with E-state index in [4.69, 9.17) is 4.43 Å². The van der Waals surface area contributed by atoms with Crippen molar-refractivity contribution in [3.63, 3.8) is 0 Å². The van der Waals surface area contributed by atoms with Gasteiger partial charge in [0.2, 0.25) is 0 Å². The summed E-state index contributed by atoms with van der Waals surface area (Å²) in [5, 5.41) is 4.54. The number of hydrogen-bond acceptors (Lipinski definition) is 1. The van der Waals surface area contributed by atoms with Crippen LogP contribution in [-0.2, 0) is 4.43 Å². The molecule has 3 heteroatoms. The minimum atomic E-state index is -2.10. The van der Waals surface area contributed by atoms with Crippen molar-refractivity contribution < 1.29 is 35.4 Å². The molecular formula is C17H21NaOSi. The standard InChI is InChI=1S/C17H20OSi.Na.H/c1-2-18-19(15-9-3-4-10-15,16-11-5-6-12-16)17-13-7-8-14-17;;/h3-9,11,13H,2,10,12,14H2,1H3;;/q;+1;-1. The van der Waals surface area contributed by atoms with Gasteiger partial charge in [-0.15, -0.1) is 0 Å². The normalized spacial score (nSPS) is 19.9. The van der Waals surface area contributed by atoms with Gasteiger partial charge in [0.25, 0.3) is 8.32 Å². The van der Waals surface area contributed by atoms with Crippen molar-refractivity contribution in [2.45, 2.75) is 26.2 Å². The average Bonchev–Trinajstić information content (AvgIpc) is 3.18. The fourth-order valence-corrected chi connectivity index (χ4v) is 7.67. The topological polar surface area (TPSA) is 9.23 Å². The Morgan fingerprint density at radius 2 is 1.30 bits per heavy atom. The first-order valence-corrected chi connectivity index (χ1v) is 9.01. The van der Waals surface area contributed by atoms with E-state index in [1.807, 2.05) is 0 Å². The molecule has 3 aliphatic carbocycles. The van der Waals surface area contributed by atoms with Crippen molar-refractivity contribution in [2.75, 3.05) is 6.61 Å². The van der Waals surface area contributed by atoms with E-state index in [1.165, 1.54) is 15.6 Å². The van der Waals surface area contributed by atoms with Crippen LogP contribution in [0.25, 0.3) is 0 Å². The van der Waals surface area contributed by atoms with Crippen molar-refractivity contribution in [1.29, 1.82) is 0 Å². The molecule has 0 aliphatic heterocycles. The Labute approximate surface area is 146 Å². The van der Waals surface area contributed by atoms with E-state index >= 15 is 0 Å². The zero-order chi connectivity index (χ0) is 13.1. The summed E-state index contributed by atoms with van der Waals surface area (Å²) in [7, 11) is -2.10. The Morgan fingerprint density at radius 3 is 1.55 bits per heavy atom. The third kappa shape index (κ3) is 2.68. The molecule has 0 radical (unpaired) electrons. The molecular weight excluding hydrogens is 271 g/mol. The molecule has 0 atom stereocenters. The second-order valence-electron chi connectivity index (χ2n) is 5.09. The maximum absolute atomic E-state index is 6.50. The van der Waals surface area contributed by atoms with Gasteiger partial charge in [-0.05, 0) is 41.8 Å². The number of allylic oxidation sites excluding steroid dienone is 12. The van der Waals surface area contributed by atoms with Crippen molar-refractivity contribution in [1.82, 2.24) is 0 Å². The molecule has 0 unspecified atom stereocenters. The Kier molecular flexibility index (Phi) is 5.64. The monoisotopic (exact) mass is 292 g/mol. The molecule has 0 N–H and O–H groups in total. The second kappa shape index (κ2) is 7.06. The first-order valence-electron chi connectivity index (χ1n) is 7.10. The van der Waals surface area contributed by atoms with Crippen LogP contribution in [-0.4, -0.2) is 14.9 Å². The Bertz CT molecular complexity index is 481. The van der Waals surface area contributed by atoms with Crippen molar-refractivity contribution in [3.8, 4) is 0 Å². The van der Waals surface area contributed by atoms with Crippen LogP contribution in [0.3, 0.4) is 0 Å². The third-order valence-corrected chi connectivity index (χ3v) is 8.58. The Hall–Kier alpha value is -0.383. The van der Waals surface area contributed by atoms with Crippen LogP contribution in [0.2, 0.25) is 0 Å². The van der Waals surface area contributed by atoms with Crippen LogP contribution < -0.4 is 29.6 Å². The van der Waals surface area contributed by atoms with Crippen LogP contribution in [0, 0.1) is 0 Å². The van der Waals surface area contributed by atoms with E-state index in [0.29, 0.717) is 0 Å². The molecule has 3 aliphatic rings. The molecule has 1 nitrogen and oxygen atoms in total. The van der Waals surface area contributed by atoms with Gasteiger partial charge in [-0.25, -0.2) is 0 Å². The quantitative estimate of drug-likeness (QED) is 0.695. The predicted molar refractivity (Wildman–Crippen MR) is 84.0 cm³/mol. The van der Waals surface area contributed by atoms with Gasteiger partial charge in [0, 0.05) is 6.61 Å². The van der Waals surface area contributed by atoms with Gasteiger partial charge in [-0.1, -0.05) is 54.7 Å². The minimum Gasteiger partial charge on any atom is -1.00 e. The molecule has 0 spiro atoms. The van der Waals surface area contributed by atoms with Crippen LogP contribution >= 0.6 is 0 Å². The minimum absolute atomic E-state index is 0. The summed E-state index contributed by atoms with van der Waals surface area (Å²) < 4.78 is 6.50. The molecule has 0 saturated carbocycles. The van der Waals surface area contributed by atoms with Gasteiger partial charge in [0.1, 0.15) is 0 Å². The van der Waals surface area contributed by atoms with Gasteiger partial charge in [0.05, 0.1) is 0 Å². The third-order valence-electron chi connectivity index (χ3n) is 4.03. The summed E-state index contributed by atoms with van der Waals surface area (Å²) in [5.74, 6) is 0. The molecule has 20 heavy (non-hydrogen) atoms. The zero-order valence-corrected chi connectivity index (χ0v) is 15.4. The van der Waals surface area contributed by atoms with E-state index in [1.54, 1.807) is 0 Å². The molecule has 0 aromatic heterocycles. The van der Waals surface area contributed by atoms with Gasteiger partial charge < -0.3 is 5.85 Å².